The molecular weight excluding hydrogens is 368 g/mol. The van der Waals surface area contributed by atoms with Crippen LogP contribution in [0.2, 0.25) is 0 Å². The van der Waals surface area contributed by atoms with Gasteiger partial charge in [0.15, 0.2) is 0 Å². The van der Waals surface area contributed by atoms with Gasteiger partial charge < -0.3 is 10.0 Å². The maximum absolute atomic E-state index is 13.3. The topological polar surface area (TPSA) is 95.0 Å². The molecule has 1 amide bonds. The summed E-state index contributed by atoms with van der Waals surface area (Å²) >= 11 is 0. The van der Waals surface area contributed by atoms with Gasteiger partial charge in [0, 0.05) is 19.3 Å². The Balaban J connectivity index is 1.77. The van der Waals surface area contributed by atoms with Gasteiger partial charge in [0.25, 0.3) is 10.0 Å². The molecule has 27 heavy (non-hydrogen) atoms. The minimum Gasteiger partial charge on any atom is -0.481 e. The minimum atomic E-state index is -3.87. The Morgan fingerprint density at radius 3 is 2.63 bits per heavy atom. The van der Waals surface area contributed by atoms with Crippen LogP contribution in [0, 0.1) is 0 Å². The first-order valence-corrected chi connectivity index (χ1v) is 9.98. The van der Waals surface area contributed by atoms with Gasteiger partial charge in [-0.05, 0) is 41.8 Å². The number of fused-ring (bicyclic) bond motifs is 2. The quantitative estimate of drug-likeness (QED) is 0.870. The molecule has 2 aromatic rings. The van der Waals surface area contributed by atoms with E-state index < -0.39 is 21.9 Å². The number of nitrogens with zero attached hydrogens (tertiary/aromatic N) is 2. The second-order valence-corrected chi connectivity index (χ2v) is 8.60. The Morgan fingerprint density at radius 2 is 1.89 bits per heavy atom. The summed E-state index contributed by atoms with van der Waals surface area (Å²) in [6, 6.07) is 11.4. The number of likely N-dealkylation sites (N-methyl/N-ethyl adjacent to an activating group) is 1. The van der Waals surface area contributed by atoms with Gasteiger partial charge in [0.2, 0.25) is 5.91 Å². The van der Waals surface area contributed by atoms with Gasteiger partial charge >= 0.3 is 5.97 Å². The number of sulfonamides is 1. The van der Waals surface area contributed by atoms with Crippen LogP contribution >= 0.6 is 0 Å². The first-order chi connectivity index (χ1) is 12.8. The molecule has 0 fully saturated rings. The highest BCUT2D eigenvalue weighted by molar-refractivity contribution is 7.92. The molecule has 1 unspecified atom stereocenters. The number of amides is 1. The van der Waals surface area contributed by atoms with E-state index in [-0.39, 0.29) is 30.2 Å². The normalized spacial score (nSPS) is 19.0. The van der Waals surface area contributed by atoms with Crippen LogP contribution in [-0.2, 0) is 26.0 Å². The molecule has 0 saturated carbocycles. The average molecular weight is 386 g/mol. The van der Waals surface area contributed by atoms with E-state index in [1.165, 1.54) is 21.3 Å². The van der Waals surface area contributed by atoms with Crippen LogP contribution < -0.4 is 9.21 Å². The van der Waals surface area contributed by atoms with Crippen molar-refractivity contribution in [3.05, 3.63) is 53.6 Å². The summed E-state index contributed by atoms with van der Waals surface area (Å²) in [6.45, 7) is 0.0895. The molecule has 2 heterocycles. The second kappa shape index (κ2) is 6.09. The first-order valence-electron chi connectivity index (χ1n) is 8.54. The molecule has 2 aliphatic heterocycles. The van der Waals surface area contributed by atoms with E-state index in [2.05, 4.69) is 0 Å². The standard InChI is InChI=1S/C19H18N2O5S/c1-20-16-7-6-13(10-12(16)11-18(20)22)27(25,26)21-9-8-15(19(23)24)14-4-2-3-5-17(14)21/h2-7,10,15H,8-9,11H2,1H3,(H,23,24). The van der Waals surface area contributed by atoms with Crippen LogP contribution in [0.4, 0.5) is 11.4 Å². The van der Waals surface area contributed by atoms with Crippen LogP contribution in [0.5, 0.6) is 0 Å². The molecule has 8 heteroatoms. The Hall–Kier alpha value is -2.87. The number of hydrogen-bond donors (Lipinski definition) is 1. The van der Waals surface area contributed by atoms with Crippen LogP contribution in [-0.4, -0.2) is 39.0 Å². The SMILES string of the molecule is CN1C(=O)Cc2cc(S(=O)(=O)N3CCC(C(=O)O)c4ccccc43)ccc21. The molecule has 0 saturated heterocycles. The average Bonchev–Trinajstić information content (AvgIpc) is 2.94. The molecule has 0 spiro atoms. The lowest BCUT2D eigenvalue weighted by molar-refractivity contribution is -0.139. The van der Waals surface area contributed by atoms with Crippen molar-refractivity contribution in [2.45, 2.75) is 23.7 Å². The van der Waals surface area contributed by atoms with Gasteiger partial charge in [-0.25, -0.2) is 8.42 Å². The van der Waals surface area contributed by atoms with Crippen LogP contribution in [0.15, 0.2) is 47.4 Å². The van der Waals surface area contributed by atoms with Crippen molar-refractivity contribution in [1.82, 2.24) is 0 Å². The molecule has 2 aliphatic rings. The van der Waals surface area contributed by atoms with Crippen molar-refractivity contribution in [1.29, 1.82) is 0 Å². The maximum atomic E-state index is 13.3. The number of benzene rings is 2. The third-order valence-electron chi connectivity index (χ3n) is 5.22. The van der Waals surface area contributed by atoms with E-state index in [0.717, 1.165) is 0 Å². The molecule has 0 radical (unpaired) electrons. The summed E-state index contributed by atoms with van der Waals surface area (Å²) in [5, 5.41) is 9.44. The summed E-state index contributed by atoms with van der Waals surface area (Å²) < 4.78 is 27.8. The van der Waals surface area contributed by atoms with E-state index in [9.17, 15) is 23.1 Å². The fourth-order valence-corrected chi connectivity index (χ4v) is 5.33. The maximum Gasteiger partial charge on any atom is 0.311 e. The van der Waals surface area contributed by atoms with Gasteiger partial charge in [-0.3, -0.25) is 13.9 Å². The highest BCUT2D eigenvalue weighted by Gasteiger charge is 2.36. The van der Waals surface area contributed by atoms with E-state index in [0.29, 0.717) is 22.5 Å². The second-order valence-electron chi connectivity index (χ2n) is 6.74. The van der Waals surface area contributed by atoms with Gasteiger partial charge in [-0.15, -0.1) is 0 Å². The van der Waals surface area contributed by atoms with Gasteiger partial charge in [-0.1, -0.05) is 18.2 Å². The van der Waals surface area contributed by atoms with E-state index in [1.54, 1.807) is 37.4 Å². The molecular formula is C19H18N2O5S. The predicted molar refractivity (Wildman–Crippen MR) is 99.5 cm³/mol. The van der Waals surface area contributed by atoms with Crippen molar-refractivity contribution in [3.8, 4) is 0 Å². The number of carboxylic acids is 1. The van der Waals surface area contributed by atoms with Crippen LogP contribution in [0.1, 0.15) is 23.5 Å². The molecule has 2 aromatic carbocycles. The lowest BCUT2D eigenvalue weighted by Gasteiger charge is -2.33. The van der Waals surface area contributed by atoms with Crippen molar-refractivity contribution >= 4 is 33.3 Å². The highest BCUT2D eigenvalue weighted by atomic mass is 32.2. The summed E-state index contributed by atoms with van der Waals surface area (Å²) in [6.07, 6.45) is 0.380. The zero-order chi connectivity index (χ0) is 19.3. The molecule has 1 atom stereocenters. The lowest BCUT2D eigenvalue weighted by atomic mass is 9.91. The third kappa shape index (κ3) is 2.68. The molecule has 1 N–H and O–H groups in total. The number of aliphatic carboxylic acids is 1. The number of carboxylic acid groups (broad SMARTS) is 1. The molecule has 140 valence electrons. The predicted octanol–water partition coefficient (Wildman–Crippen LogP) is 1.97. The van der Waals surface area contributed by atoms with Gasteiger partial charge in [0.05, 0.1) is 22.9 Å². The van der Waals surface area contributed by atoms with Gasteiger partial charge in [-0.2, -0.15) is 0 Å². The number of para-hydroxylation sites is 1. The van der Waals surface area contributed by atoms with E-state index >= 15 is 0 Å². The summed E-state index contributed by atoms with van der Waals surface area (Å²) in [4.78, 5) is 25.0. The van der Waals surface area contributed by atoms with E-state index in [4.69, 9.17) is 0 Å². The third-order valence-corrected chi connectivity index (χ3v) is 7.03. The lowest BCUT2D eigenvalue weighted by Crippen LogP contribution is -2.38. The van der Waals surface area contributed by atoms with Crippen LogP contribution in [0.25, 0.3) is 0 Å². The highest BCUT2D eigenvalue weighted by Crippen LogP contribution is 2.39. The molecule has 0 aromatic heterocycles. The van der Waals surface area contributed by atoms with Crippen LogP contribution in [0.3, 0.4) is 0 Å². The minimum absolute atomic E-state index is 0.0767. The molecule has 0 aliphatic carbocycles. The summed E-state index contributed by atoms with van der Waals surface area (Å²) in [5.74, 6) is -1.76. The Labute approximate surface area is 156 Å². The fraction of sp³-hybridized carbons (Fsp3) is 0.263. The van der Waals surface area contributed by atoms with Crippen molar-refractivity contribution in [2.24, 2.45) is 0 Å². The molecule has 0 bridgehead atoms. The molecule has 7 nitrogen and oxygen atoms in total. The van der Waals surface area contributed by atoms with Crippen molar-refractivity contribution < 1.29 is 23.1 Å². The number of rotatable bonds is 3. The Bertz CT molecular complexity index is 1060. The largest absolute Gasteiger partial charge is 0.481 e. The summed E-state index contributed by atoms with van der Waals surface area (Å²) in [7, 11) is -2.21. The Kier molecular flexibility index (Phi) is 3.96. The number of hydrogen-bond acceptors (Lipinski definition) is 4. The van der Waals surface area contributed by atoms with Crippen molar-refractivity contribution in [3.63, 3.8) is 0 Å². The van der Waals surface area contributed by atoms with E-state index in [1.807, 2.05) is 0 Å². The number of carbonyl (C=O) groups excluding carboxylic acids is 1. The summed E-state index contributed by atoms with van der Waals surface area (Å²) in [5.41, 5.74) is 2.28. The zero-order valence-corrected chi connectivity index (χ0v) is 15.4. The number of carbonyl (C=O) groups is 2. The van der Waals surface area contributed by atoms with Crippen molar-refractivity contribution in [2.75, 3.05) is 22.8 Å². The van der Waals surface area contributed by atoms with Gasteiger partial charge in [0.1, 0.15) is 0 Å². The zero-order valence-electron chi connectivity index (χ0n) is 14.6. The first kappa shape index (κ1) is 17.5. The smallest absolute Gasteiger partial charge is 0.311 e. The monoisotopic (exact) mass is 386 g/mol. The molecule has 4 rings (SSSR count). The number of anilines is 2. The fourth-order valence-electron chi connectivity index (χ4n) is 3.77. The Morgan fingerprint density at radius 1 is 1.15 bits per heavy atom.